The topological polar surface area (TPSA) is 90.0 Å². The maximum Gasteiger partial charge on any atom is 0.320 e. The first-order chi connectivity index (χ1) is 15.3. The van der Waals surface area contributed by atoms with Crippen molar-refractivity contribution in [1.82, 2.24) is 19.4 Å². The summed E-state index contributed by atoms with van der Waals surface area (Å²) in [5.41, 5.74) is 0.764. The number of carbonyl (C=O) groups excluding carboxylic acids is 2. The van der Waals surface area contributed by atoms with Crippen LogP contribution in [0.25, 0.3) is 6.08 Å². The van der Waals surface area contributed by atoms with Gasteiger partial charge in [0, 0.05) is 44.7 Å². The predicted molar refractivity (Wildman–Crippen MR) is 125 cm³/mol. The number of urea groups is 1. The van der Waals surface area contributed by atoms with Gasteiger partial charge in [-0.2, -0.15) is 4.72 Å². The Morgan fingerprint density at radius 2 is 1.44 bits per heavy atom. The second kappa shape index (κ2) is 11.0. The van der Waals surface area contributed by atoms with Crippen LogP contribution in [0.2, 0.25) is 0 Å². The average molecular weight is 463 g/mol. The standard InChI is InChI=1S/C23H34N4O4S/c1-19(2)21(24-32(30,31)18-11-20-9-5-3-6-10-20)22(28)25-14-16-27(17-15-25)23(29)26-12-7-4-8-13-26/h3,5-6,9-11,18-19,21,24H,4,7-8,12-17H2,1-2H3/b18-11+/t21-/m0/s1. The minimum atomic E-state index is -3.80. The monoisotopic (exact) mass is 462 g/mol. The zero-order valence-electron chi connectivity index (χ0n) is 18.9. The van der Waals surface area contributed by atoms with Crippen LogP contribution in [0.3, 0.4) is 0 Å². The molecule has 0 spiro atoms. The van der Waals surface area contributed by atoms with Crippen molar-refractivity contribution < 1.29 is 18.0 Å². The summed E-state index contributed by atoms with van der Waals surface area (Å²) in [4.78, 5) is 31.2. The Hall–Kier alpha value is -2.39. The van der Waals surface area contributed by atoms with Crippen LogP contribution in [0.1, 0.15) is 38.7 Å². The summed E-state index contributed by atoms with van der Waals surface area (Å²) in [6.07, 6.45) is 4.76. The quantitative estimate of drug-likeness (QED) is 0.703. The van der Waals surface area contributed by atoms with Crippen LogP contribution in [0.5, 0.6) is 0 Å². The highest BCUT2D eigenvalue weighted by Crippen LogP contribution is 2.15. The minimum absolute atomic E-state index is 0.0453. The van der Waals surface area contributed by atoms with Crippen LogP contribution in [0.15, 0.2) is 35.7 Å². The van der Waals surface area contributed by atoms with Gasteiger partial charge in [-0.3, -0.25) is 4.79 Å². The van der Waals surface area contributed by atoms with Crippen molar-refractivity contribution in [3.8, 4) is 0 Å². The maximum atomic E-state index is 13.1. The summed E-state index contributed by atoms with van der Waals surface area (Å²) in [7, 11) is -3.80. The molecule has 176 valence electrons. The number of piperazine rings is 1. The minimum Gasteiger partial charge on any atom is -0.338 e. The average Bonchev–Trinajstić information content (AvgIpc) is 2.82. The van der Waals surface area contributed by atoms with Gasteiger partial charge < -0.3 is 14.7 Å². The van der Waals surface area contributed by atoms with Crippen molar-refractivity contribution in [2.45, 2.75) is 39.2 Å². The summed E-state index contributed by atoms with van der Waals surface area (Å²) < 4.78 is 27.7. The van der Waals surface area contributed by atoms with Crippen molar-refractivity contribution in [3.05, 3.63) is 41.3 Å². The van der Waals surface area contributed by atoms with Crippen LogP contribution in [0.4, 0.5) is 4.79 Å². The van der Waals surface area contributed by atoms with E-state index < -0.39 is 16.1 Å². The Morgan fingerprint density at radius 1 is 0.875 bits per heavy atom. The number of likely N-dealkylation sites (tertiary alicyclic amines) is 1. The van der Waals surface area contributed by atoms with Gasteiger partial charge in [-0.1, -0.05) is 44.2 Å². The lowest BCUT2D eigenvalue weighted by Crippen LogP contribution is -2.58. The third kappa shape index (κ3) is 6.56. The molecule has 0 aliphatic carbocycles. The lowest BCUT2D eigenvalue weighted by atomic mass is 10.0. The number of amides is 3. The summed E-state index contributed by atoms with van der Waals surface area (Å²) >= 11 is 0. The Kier molecular flexibility index (Phi) is 8.31. The number of piperidine rings is 1. The second-order valence-electron chi connectivity index (χ2n) is 8.74. The molecule has 3 rings (SSSR count). The zero-order valence-corrected chi connectivity index (χ0v) is 19.8. The Balaban J connectivity index is 1.58. The lowest BCUT2D eigenvalue weighted by Gasteiger charge is -2.39. The van der Waals surface area contributed by atoms with Crippen LogP contribution in [-0.2, 0) is 14.8 Å². The Bertz CT molecular complexity index is 903. The largest absolute Gasteiger partial charge is 0.338 e. The van der Waals surface area contributed by atoms with E-state index in [1.54, 1.807) is 9.80 Å². The van der Waals surface area contributed by atoms with Gasteiger partial charge in [-0.15, -0.1) is 0 Å². The molecule has 32 heavy (non-hydrogen) atoms. The fraction of sp³-hybridized carbons (Fsp3) is 0.565. The van der Waals surface area contributed by atoms with Gasteiger partial charge in [0.1, 0.15) is 6.04 Å². The van der Waals surface area contributed by atoms with Gasteiger partial charge in [0.15, 0.2) is 0 Å². The smallest absolute Gasteiger partial charge is 0.320 e. The molecule has 1 N–H and O–H groups in total. The summed E-state index contributed by atoms with van der Waals surface area (Å²) in [6, 6.07) is 8.32. The van der Waals surface area contributed by atoms with Crippen molar-refractivity contribution >= 4 is 28.0 Å². The third-order valence-electron chi connectivity index (χ3n) is 5.95. The molecule has 1 atom stereocenters. The zero-order chi connectivity index (χ0) is 23.1. The third-order valence-corrected chi connectivity index (χ3v) is 7.03. The van der Waals surface area contributed by atoms with Gasteiger partial charge in [0.2, 0.25) is 15.9 Å². The molecule has 2 saturated heterocycles. The van der Waals surface area contributed by atoms with E-state index in [9.17, 15) is 18.0 Å². The number of hydrogen-bond acceptors (Lipinski definition) is 4. The van der Waals surface area contributed by atoms with Crippen LogP contribution < -0.4 is 4.72 Å². The predicted octanol–water partition coefficient (Wildman–Crippen LogP) is 2.35. The number of rotatable bonds is 6. The second-order valence-corrected chi connectivity index (χ2v) is 10.3. The van der Waals surface area contributed by atoms with Gasteiger partial charge in [-0.25, -0.2) is 13.2 Å². The van der Waals surface area contributed by atoms with Crippen molar-refractivity contribution in [3.63, 3.8) is 0 Å². The molecule has 1 aromatic rings. The molecule has 2 fully saturated rings. The van der Waals surface area contributed by atoms with E-state index in [2.05, 4.69) is 4.72 Å². The Labute approximate surface area is 191 Å². The molecule has 2 aliphatic rings. The summed E-state index contributed by atoms with van der Waals surface area (Å²) in [6.45, 7) is 6.98. The van der Waals surface area contributed by atoms with Crippen molar-refractivity contribution in [2.24, 2.45) is 5.92 Å². The normalized spacial score (nSPS) is 18.9. The summed E-state index contributed by atoms with van der Waals surface area (Å²) in [5.74, 6) is -0.461. The van der Waals surface area contributed by atoms with Gasteiger partial charge in [-0.05, 0) is 36.8 Å². The van der Waals surface area contributed by atoms with E-state index in [0.29, 0.717) is 26.2 Å². The van der Waals surface area contributed by atoms with Gasteiger partial charge in [0.05, 0.1) is 0 Å². The summed E-state index contributed by atoms with van der Waals surface area (Å²) in [5, 5.41) is 1.10. The molecule has 2 heterocycles. The van der Waals surface area contributed by atoms with E-state index in [1.807, 2.05) is 49.1 Å². The van der Waals surface area contributed by atoms with Crippen LogP contribution >= 0.6 is 0 Å². The van der Waals surface area contributed by atoms with Gasteiger partial charge >= 0.3 is 6.03 Å². The molecule has 0 aromatic heterocycles. The molecule has 3 amide bonds. The number of nitrogens with one attached hydrogen (secondary N) is 1. The molecule has 0 unspecified atom stereocenters. The first-order valence-corrected chi connectivity index (χ1v) is 12.9. The molecule has 1 aromatic carbocycles. The number of nitrogens with zero attached hydrogens (tertiary/aromatic N) is 3. The first-order valence-electron chi connectivity index (χ1n) is 11.3. The van der Waals surface area contributed by atoms with E-state index in [1.165, 1.54) is 12.5 Å². The number of sulfonamides is 1. The molecule has 0 radical (unpaired) electrons. The van der Waals surface area contributed by atoms with Crippen molar-refractivity contribution in [2.75, 3.05) is 39.3 Å². The molecule has 9 heteroatoms. The highest BCUT2D eigenvalue weighted by Gasteiger charge is 2.33. The fourth-order valence-corrected chi connectivity index (χ4v) is 5.16. The van der Waals surface area contributed by atoms with E-state index >= 15 is 0 Å². The highest BCUT2D eigenvalue weighted by molar-refractivity contribution is 7.92. The van der Waals surface area contributed by atoms with E-state index in [-0.39, 0.29) is 17.9 Å². The number of benzene rings is 1. The molecule has 2 aliphatic heterocycles. The van der Waals surface area contributed by atoms with Crippen LogP contribution in [0, 0.1) is 5.92 Å². The van der Waals surface area contributed by atoms with Gasteiger partial charge in [0.25, 0.3) is 0 Å². The van der Waals surface area contributed by atoms with Crippen LogP contribution in [-0.4, -0.2) is 80.4 Å². The van der Waals surface area contributed by atoms with E-state index in [4.69, 9.17) is 0 Å². The number of hydrogen-bond donors (Lipinski definition) is 1. The molecule has 8 nitrogen and oxygen atoms in total. The first kappa shape index (κ1) is 24.3. The molecular weight excluding hydrogens is 428 g/mol. The SMILES string of the molecule is CC(C)[C@H](NS(=O)(=O)/C=C/c1ccccc1)C(=O)N1CCN(C(=O)N2CCCCC2)CC1. The molecule has 0 saturated carbocycles. The lowest BCUT2D eigenvalue weighted by molar-refractivity contribution is -0.135. The number of carbonyl (C=O) groups is 2. The van der Waals surface area contributed by atoms with E-state index in [0.717, 1.165) is 36.9 Å². The van der Waals surface area contributed by atoms with Crippen molar-refractivity contribution in [1.29, 1.82) is 0 Å². The fourth-order valence-electron chi connectivity index (χ4n) is 4.02. The molecular formula is C23H34N4O4S. The highest BCUT2D eigenvalue weighted by atomic mass is 32.2. The Morgan fingerprint density at radius 3 is 2.03 bits per heavy atom. The maximum absolute atomic E-state index is 13.1. The molecule has 0 bridgehead atoms.